The molecule has 1 heterocycles. The summed E-state index contributed by atoms with van der Waals surface area (Å²) in [5.74, 6) is -7.02. The summed E-state index contributed by atoms with van der Waals surface area (Å²) in [4.78, 5) is 65.8. The lowest BCUT2D eigenvalue weighted by Crippen LogP contribution is -2.57. The first-order chi connectivity index (χ1) is 23.6. The minimum Gasteiger partial charge on any atom is -0.478 e. The molecule has 15 heteroatoms. The number of likely N-dealkylation sites (tertiary alicyclic amines) is 1. The average molecular weight is 709 g/mol. The zero-order chi connectivity index (χ0) is 37.1. The van der Waals surface area contributed by atoms with Crippen LogP contribution in [0.4, 0.5) is 22.4 Å². The Bertz CT molecular complexity index is 1490. The summed E-state index contributed by atoms with van der Waals surface area (Å²) in [6.45, 7) is 7.05. The maximum atomic E-state index is 14.4. The van der Waals surface area contributed by atoms with Crippen molar-refractivity contribution in [2.45, 2.75) is 83.8 Å². The van der Waals surface area contributed by atoms with Crippen molar-refractivity contribution in [2.24, 2.45) is 11.8 Å². The number of carbonyl (C=O) groups is 5. The lowest BCUT2D eigenvalue weighted by Gasteiger charge is -2.32. The van der Waals surface area contributed by atoms with Gasteiger partial charge >= 0.3 is 12.1 Å². The number of aromatic carboxylic acids is 1. The van der Waals surface area contributed by atoms with Crippen molar-refractivity contribution >= 4 is 29.8 Å². The van der Waals surface area contributed by atoms with Crippen LogP contribution in [0.3, 0.4) is 0 Å². The normalized spacial score (nSPS) is 17.6. The van der Waals surface area contributed by atoms with E-state index in [1.807, 2.05) is 32.9 Å². The summed E-state index contributed by atoms with van der Waals surface area (Å²) in [5.41, 5.74) is -0.309. The van der Waals surface area contributed by atoms with E-state index < -0.39 is 96.5 Å². The molecule has 0 unspecified atom stereocenters. The van der Waals surface area contributed by atoms with E-state index in [1.54, 1.807) is 25.1 Å². The minimum absolute atomic E-state index is 0.0443. The highest BCUT2D eigenvalue weighted by Gasteiger charge is 2.44. The van der Waals surface area contributed by atoms with Gasteiger partial charge in [0.25, 0.3) is 0 Å². The number of halogens is 4. The number of alkyl carbamates (subject to hydrolysis) is 1. The Balaban J connectivity index is 1.81. The fraction of sp³-hybridized carbons (Fsp3) is 0.514. The number of hydrogen-bond acceptors (Lipinski definition) is 6. The Morgan fingerprint density at radius 1 is 1.00 bits per heavy atom. The summed E-state index contributed by atoms with van der Waals surface area (Å²) >= 11 is 0. The van der Waals surface area contributed by atoms with E-state index in [0.717, 1.165) is 5.56 Å². The molecule has 4 amide bonds. The van der Waals surface area contributed by atoms with Crippen LogP contribution in [0.2, 0.25) is 0 Å². The highest BCUT2D eigenvalue weighted by atomic mass is 19.3. The van der Waals surface area contributed by atoms with Gasteiger partial charge in [-0.25, -0.2) is 27.2 Å². The van der Waals surface area contributed by atoms with Gasteiger partial charge in [-0.3, -0.25) is 14.4 Å². The maximum Gasteiger partial charge on any atom is 0.407 e. The van der Waals surface area contributed by atoms with Gasteiger partial charge in [0.1, 0.15) is 29.8 Å². The van der Waals surface area contributed by atoms with Crippen molar-refractivity contribution in [1.82, 2.24) is 20.9 Å². The molecule has 0 bridgehead atoms. The number of carbonyl (C=O) groups excluding carboxylic acids is 4. The molecule has 2 aromatic carbocycles. The zero-order valence-electron chi connectivity index (χ0n) is 28.4. The van der Waals surface area contributed by atoms with Crippen LogP contribution in [0.1, 0.15) is 74.4 Å². The van der Waals surface area contributed by atoms with E-state index in [4.69, 9.17) is 9.84 Å². The van der Waals surface area contributed by atoms with Gasteiger partial charge in [0, 0.05) is 31.0 Å². The highest BCUT2D eigenvalue weighted by molar-refractivity contribution is 5.94. The van der Waals surface area contributed by atoms with Gasteiger partial charge in [0.15, 0.2) is 0 Å². The molecule has 2 aromatic rings. The molecule has 1 saturated heterocycles. The number of ether oxygens (including phenoxy) is 1. The first-order valence-corrected chi connectivity index (χ1v) is 16.5. The largest absolute Gasteiger partial charge is 0.478 e. The summed E-state index contributed by atoms with van der Waals surface area (Å²) in [7, 11) is 0. The molecule has 50 heavy (non-hydrogen) atoms. The van der Waals surface area contributed by atoms with Crippen LogP contribution in [0, 0.1) is 23.5 Å². The quantitative estimate of drug-likeness (QED) is 0.185. The second-order valence-corrected chi connectivity index (χ2v) is 12.8. The summed E-state index contributed by atoms with van der Waals surface area (Å²) in [6.07, 6.45) is -4.77. The number of hydrogen-bond donors (Lipinski definition) is 4. The van der Waals surface area contributed by atoms with Gasteiger partial charge in [0.2, 0.25) is 24.1 Å². The Hall–Kier alpha value is -4.69. The molecule has 5 atom stereocenters. The first kappa shape index (κ1) is 39.7. The number of nitrogens with one attached hydrogen (secondary N) is 3. The molecule has 0 aromatic heterocycles. The van der Waals surface area contributed by atoms with Gasteiger partial charge < -0.3 is 30.7 Å². The Labute approximate surface area is 288 Å². The van der Waals surface area contributed by atoms with Gasteiger partial charge in [0.05, 0.1) is 12.2 Å². The van der Waals surface area contributed by atoms with Crippen molar-refractivity contribution in [2.75, 3.05) is 19.7 Å². The molecule has 0 saturated carbocycles. The van der Waals surface area contributed by atoms with Crippen LogP contribution in [-0.2, 0) is 25.5 Å². The number of carboxylic acid groups (broad SMARTS) is 1. The SMILES string of the molecule is CC[C@H](C)[C@H](NC(=O)OCC(C)C)C(=O)N1C[C@H](c2ccccc2)C[C@H]1C(=O)N[C@@H](CC(F)F)C(=O)NCCc1c(F)cc(C(=O)O)cc1F. The lowest BCUT2D eigenvalue weighted by molar-refractivity contribution is -0.141. The first-order valence-electron chi connectivity index (χ1n) is 16.5. The predicted octanol–water partition coefficient (Wildman–Crippen LogP) is 4.64. The van der Waals surface area contributed by atoms with Gasteiger partial charge in [-0.15, -0.1) is 0 Å². The molecule has 0 aliphatic carbocycles. The van der Waals surface area contributed by atoms with E-state index >= 15 is 0 Å². The second kappa shape index (κ2) is 18.3. The predicted molar refractivity (Wildman–Crippen MR) is 174 cm³/mol. The van der Waals surface area contributed by atoms with E-state index in [0.29, 0.717) is 18.6 Å². The molecule has 11 nitrogen and oxygen atoms in total. The summed E-state index contributed by atoms with van der Waals surface area (Å²) < 4.78 is 61.2. The standard InChI is InChI=1S/C35H44F4N4O7/c1-5-20(4)30(42-35(49)50-18-19(2)3)33(46)43-17-23(21-9-7-6-8-10-21)15-28(43)32(45)41-27(16-29(38)39)31(44)40-12-11-24-25(36)13-22(34(47)48)14-26(24)37/h6-10,13-14,19-20,23,27-30H,5,11-12,15-18H2,1-4H3,(H,40,44)(H,41,45)(H,42,49)(H,47,48)/t20-,23+,27-,28-,30-/m0/s1. The molecular weight excluding hydrogens is 664 g/mol. The van der Waals surface area contributed by atoms with E-state index in [-0.39, 0.29) is 37.3 Å². The highest BCUT2D eigenvalue weighted by Crippen LogP contribution is 2.33. The van der Waals surface area contributed by atoms with Gasteiger partial charge in [-0.1, -0.05) is 64.4 Å². The molecule has 274 valence electrons. The van der Waals surface area contributed by atoms with Crippen LogP contribution in [0.5, 0.6) is 0 Å². The molecule has 4 N–H and O–H groups in total. The number of benzene rings is 2. The fourth-order valence-electron chi connectivity index (χ4n) is 5.64. The van der Waals surface area contributed by atoms with Crippen LogP contribution >= 0.6 is 0 Å². The number of nitrogens with zero attached hydrogens (tertiary/aromatic N) is 1. The van der Waals surface area contributed by atoms with E-state index in [9.17, 15) is 41.5 Å². The van der Waals surface area contributed by atoms with Crippen molar-refractivity contribution in [3.8, 4) is 0 Å². The minimum atomic E-state index is -3.03. The van der Waals surface area contributed by atoms with Crippen LogP contribution in [-0.4, -0.2) is 84.0 Å². The Morgan fingerprint density at radius 3 is 2.20 bits per heavy atom. The monoisotopic (exact) mass is 708 g/mol. The molecule has 1 aliphatic heterocycles. The molecule has 3 rings (SSSR count). The number of carboxylic acids is 1. The third-order valence-electron chi connectivity index (χ3n) is 8.57. The van der Waals surface area contributed by atoms with E-state index in [1.165, 1.54) is 4.90 Å². The third kappa shape index (κ3) is 10.9. The molecule has 1 aliphatic rings. The van der Waals surface area contributed by atoms with Crippen molar-refractivity contribution < 1.29 is 51.4 Å². The lowest BCUT2D eigenvalue weighted by atomic mass is 9.96. The third-order valence-corrected chi connectivity index (χ3v) is 8.57. The van der Waals surface area contributed by atoms with Gasteiger partial charge in [-0.2, -0.15) is 0 Å². The van der Waals surface area contributed by atoms with E-state index in [2.05, 4.69) is 16.0 Å². The molecule has 1 fully saturated rings. The fourth-order valence-corrected chi connectivity index (χ4v) is 5.64. The average Bonchev–Trinajstić information content (AvgIpc) is 3.52. The maximum absolute atomic E-state index is 14.4. The molecule has 0 spiro atoms. The second-order valence-electron chi connectivity index (χ2n) is 12.8. The van der Waals surface area contributed by atoms with Crippen molar-refractivity contribution in [1.29, 1.82) is 0 Å². The van der Waals surface area contributed by atoms with Crippen LogP contribution in [0.15, 0.2) is 42.5 Å². The molecular formula is C35H44F4N4O7. The Kier molecular flexibility index (Phi) is 14.6. The number of rotatable bonds is 16. The smallest absolute Gasteiger partial charge is 0.407 e. The summed E-state index contributed by atoms with van der Waals surface area (Å²) in [6, 6.07) is 6.25. The number of amides is 4. The van der Waals surface area contributed by atoms with Crippen molar-refractivity contribution in [3.05, 3.63) is 70.8 Å². The molecule has 0 radical (unpaired) electrons. The van der Waals surface area contributed by atoms with Crippen molar-refractivity contribution in [3.63, 3.8) is 0 Å². The topological polar surface area (TPSA) is 154 Å². The van der Waals surface area contributed by atoms with Crippen LogP contribution < -0.4 is 16.0 Å². The van der Waals surface area contributed by atoms with Gasteiger partial charge in [-0.05, 0) is 42.4 Å². The Morgan fingerprint density at radius 2 is 1.64 bits per heavy atom. The number of alkyl halides is 2. The zero-order valence-corrected chi connectivity index (χ0v) is 28.4. The van der Waals surface area contributed by atoms with Crippen LogP contribution in [0.25, 0.3) is 0 Å². The summed E-state index contributed by atoms with van der Waals surface area (Å²) in [5, 5.41) is 16.2.